The Morgan fingerprint density at radius 3 is 2.50 bits per heavy atom. The number of hydrogen-bond donors (Lipinski definition) is 1. The van der Waals surface area contributed by atoms with Gasteiger partial charge in [0.2, 0.25) is 0 Å². The maximum Gasteiger partial charge on any atom is 0.343 e. The molecule has 1 aliphatic heterocycles. The van der Waals surface area contributed by atoms with Gasteiger partial charge in [-0.3, -0.25) is 0 Å². The summed E-state index contributed by atoms with van der Waals surface area (Å²) in [7, 11) is 2.15. The number of piperazine rings is 1. The van der Waals surface area contributed by atoms with E-state index in [-0.39, 0.29) is 12.4 Å². The number of nitrogens with zero attached hydrogens (tertiary/aromatic N) is 4. The van der Waals surface area contributed by atoms with Crippen molar-refractivity contribution in [1.29, 1.82) is 0 Å². The third-order valence-corrected chi connectivity index (χ3v) is 5.00. The molecule has 1 N–H and O–H groups in total. The summed E-state index contributed by atoms with van der Waals surface area (Å²) < 4.78 is 5.11. The number of nitrogens with one attached hydrogen (secondary N) is 1. The predicted molar refractivity (Wildman–Crippen MR) is 116 cm³/mol. The van der Waals surface area contributed by atoms with Gasteiger partial charge >= 0.3 is 5.97 Å². The van der Waals surface area contributed by atoms with E-state index in [9.17, 15) is 4.79 Å². The van der Waals surface area contributed by atoms with Crippen molar-refractivity contribution in [3.8, 4) is 0 Å². The molecule has 2 aromatic rings. The summed E-state index contributed by atoms with van der Waals surface area (Å²) in [5, 5.41) is 3.83. The fourth-order valence-corrected chi connectivity index (χ4v) is 3.22. The highest BCUT2D eigenvalue weighted by Crippen LogP contribution is 2.24. The first-order chi connectivity index (χ1) is 13.1. The first kappa shape index (κ1) is 22.3. The fraction of sp³-hybridized carbons (Fsp3) is 0.421. The summed E-state index contributed by atoms with van der Waals surface area (Å²) >= 11 is 1.42. The van der Waals surface area contributed by atoms with Crippen molar-refractivity contribution >= 4 is 47.3 Å². The number of aromatic nitrogens is 2. The first-order valence-corrected chi connectivity index (χ1v) is 10.2. The first-order valence-electron chi connectivity index (χ1n) is 8.99. The quantitative estimate of drug-likeness (QED) is 0.431. The molecule has 0 unspecified atom stereocenters. The lowest BCUT2D eigenvalue weighted by molar-refractivity contribution is 0.0526. The third-order valence-electron chi connectivity index (χ3n) is 4.44. The van der Waals surface area contributed by atoms with E-state index in [2.05, 4.69) is 44.3 Å². The van der Waals surface area contributed by atoms with Crippen LogP contribution >= 0.6 is 24.2 Å². The molecule has 1 aliphatic rings. The number of hydrogen-bond acceptors (Lipinski definition) is 8. The molecule has 0 aliphatic carbocycles. The van der Waals surface area contributed by atoms with Crippen molar-refractivity contribution in [2.24, 2.45) is 0 Å². The van der Waals surface area contributed by atoms with E-state index in [4.69, 9.17) is 4.74 Å². The highest BCUT2D eigenvalue weighted by molar-refractivity contribution is 7.98. The van der Waals surface area contributed by atoms with Crippen LogP contribution in [-0.4, -0.2) is 66.9 Å². The largest absolute Gasteiger partial charge is 0.462 e. The van der Waals surface area contributed by atoms with Crippen LogP contribution in [0.25, 0.3) is 0 Å². The monoisotopic (exact) mass is 423 g/mol. The van der Waals surface area contributed by atoms with Gasteiger partial charge in [0.1, 0.15) is 11.4 Å². The molecule has 152 valence electrons. The Morgan fingerprint density at radius 1 is 1.21 bits per heavy atom. The molecular weight excluding hydrogens is 398 g/mol. The average Bonchev–Trinajstić information content (AvgIpc) is 2.69. The molecule has 0 amide bonds. The van der Waals surface area contributed by atoms with Crippen LogP contribution in [0.2, 0.25) is 0 Å². The van der Waals surface area contributed by atoms with Gasteiger partial charge in [0.05, 0.1) is 6.61 Å². The van der Waals surface area contributed by atoms with Gasteiger partial charge in [-0.2, -0.15) is 0 Å². The molecule has 9 heteroatoms. The molecule has 1 saturated heterocycles. The molecule has 1 fully saturated rings. The van der Waals surface area contributed by atoms with Gasteiger partial charge in [-0.15, -0.1) is 12.4 Å². The number of esters is 1. The van der Waals surface area contributed by atoms with E-state index in [1.807, 2.05) is 18.4 Å². The number of halogens is 1. The molecule has 28 heavy (non-hydrogen) atoms. The minimum atomic E-state index is -0.429. The molecule has 2 heterocycles. The Kier molecular flexibility index (Phi) is 8.35. The maximum atomic E-state index is 12.2. The molecule has 3 rings (SSSR count). The molecule has 1 aromatic carbocycles. The van der Waals surface area contributed by atoms with Crippen molar-refractivity contribution in [2.75, 3.05) is 56.3 Å². The van der Waals surface area contributed by atoms with Crippen LogP contribution in [0.5, 0.6) is 0 Å². The average molecular weight is 424 g/mol. The van der Waals surface area contributed by atoms with Crippen LogP contribution in [0, 0.1) is 0 Å². The summed E-state index contributed by atoms with van der Waals surface area (Å²) in [4.78, 5) is 25.5. The van der Waals surface area contributed by atoms with E-state index in [1.54, 1.807) is 6.92 Å². The topological polar surface area (TPSA) is 70.6 Å². The van der Waals surface area contributed by atoms with Gasteiger partial charge in [0, 0.05) is 43.8 Å². The van der Waals surface area contributed by atoms with Crippen molar-refractivity contribution in [3.05, 3.63) is 36.0 Å². The number of benzene rings is 1. The second-order valence-corrected chi connectivity index (χ2v) is 7.08. The Bertz CT molecular complexity index is 782. The van der Waals surface area contributed by atoms with Gasteiger partial charge in [-0.25, -0.2) is 14.8 Å². The smallest absolute Gasteiger partial charge is 0.343 e. The van der Waals surface area contributed by atoms with Crippen LogP contribution in [-0.2, 0) is 4.74 Å². The Balaban J connectivity index is 0.00000280. The summed E-state index contributed by atoms with van der Waals surface area (Å²) in [5.41, 5.74) is 2.40. The number of ether oxygens (including phenoxy) is 1. The van der Waals surface area contributed by atoms with Crippen molar-refractivity contribution in [3.63, 3.8) is 0 Å². The lowest BCUT2D eigenvalue weighted by atomic mass is 10.2. The molecule has 0 bridgehead atoms. The highest BCUT2D eigenvalue weighted by atomic mass is 35.5. The molecule has 0 saturated carbocycles. The van der Waals surface area contributed by atoms with Crippen molar-refractivity contribution in [2.45, 2.75) is 12.1 Å². The normalized spacial score (nSPS) is 14.3. The maximum absolute atomic E-state index is 12.2. The Labute approximate surface area is 176 Å². The highest BCUT2D eigenvalue weighted by Gasteiger charge is 2.17. The molecule has 0 radical (unpaired) electrons. The van der Waals surface area contributed by atoms with Crippen LogP contribution in [0.4, 0.5) is 17.2 Å². The lowest BCUT2D eigenvalue weighted by Crippen LogP contribution is -2.44. The summed E-state index contributed by atoms with van der Waals surface area (Å²) in [6, 6.07) is 8.19. The zero-order chi connectivity index (χ0) is 19.2. The second kappa shape index (κ2) is 10.5. The molecule has 0 spiro atoms. The van der Waals surface area contributed by atoms with Gasteiger partial charge < -0.3 is 19.9 Å². The standard InChI is InChI=1S/C19H25N5O2S.ClH/c1-4-26-18(25)16-13-20-19(27-3)22-17(16)21-14-5-7-15(8-6-14)24-11-9-23(2)10-12-24;/h5-8,13H,4,9-12H2,1-3H3,(H,20,21,22);1H. The molecular formula is C19H26ClN5O2S. The van der Waals surface area contributed by atoms with E-state index in [0.717, 1.165) is 31.9 Å². The van der Waals surface area contributed by atoms with Crippen LogP contribution in [0.1, 0.15) is 17.3 Å². The number of carbonyl (C=O) groups excluding carboxylic acids is 1. The lowest BCUT2D eigenvalue weighted by Gasteiger charge is -2.34. The SMILES string of the molecule is CCOC(=O)c1cnc(SC)nc1Nc1ccc(N2CCN(C)CC2)cc1.Cl. The summed E-state index contributed by atoms with van der Waals surface area (Å²) in [6.07, 6.45) is 3.41. The minimum absolute atomic E-state index is 0. The van der Waals surface area contributed by atoms with E-state index >= 15 is 0 Å². The van der Waals surface area contributed by atoms with Crippen molar-refractivity contribution < 1.29 is 9.53 Å². The van der Waals surface area contributed by atoms with Gasteiger partial charge in [0.15, 0.2) is 5.16 Å². The van der Waals surface area contributed by atoms with Crippen LogP contribution in [0.3, 0.4) is 0 Å². The molecule has 1 aromatic heterocycles. The van der Waals surface area contributed by atoms with Gasteiger partial charge in [-0.1, -0.05) is 11.8 Å². The van der Waals surface area contributed by atoms with Crippen LogP contribution < -0.4 is 10.2 Å². The molecule has 7 nitrogen and oxygen atoms in total. The summed E-state index contributed by atoms with van der Waals surface area (Å²) in [6.45, 7) is 6.28. The third kappa shape index (κ3) is 5.50. The molecule has 0 atom stereocenters. The van der Waals surface area contributed by atoms with Crippen molar-refractivity contribution in [1.82, 2.24) is 14.9 Å². The zero-order valence-electron chi connectivity index (χ0n) is 16.3. The zero-order valence-corrected chi connectivity index (χ0v) is 18.0. The minimum Gasteiger partial charge on any atom is -0.462 e. The number of thioether (sulfide) groups is 1. The van der Waals surface area contributed by atoms with Gasteiger partial charge in [-0.05, 0) is 44.5 Å². The van der Waals surface area contributed by atoms with Gasteiger partial charge in [0.25, 0.3) is 0 Å². The Hall–Kier alpha value is -2.03. The number of carbonyl (C=O) groups is 1. The fourth-order valence-electron chi connectivity index (χ4n) is 2.87. The van der Waals surface area contributed by atoms with E-state index < -0.39 is 5.97 Å². The number of anilines is 3. The van der Waals surface area contributed by atoms with Crippen LogP contribution in [0.15, 0.2) is 35.6 Å². The summed E-state index contributed by atoms with van der Waals surface area (Å²) in [5.74, 6) is 0.0295. The number of rotatable bonds is 6. The Morgan fingerprint density at radius 2 is 1.89 bits per heavy atom. The second-order valence-electron chi connectivity index (χ2n) is 6.30. The van der Waals surface area contributed by atoms with E-state index in [1.165, 1.54) is 23.6 Å². The predicted octanol–water partition coefficient (Wildman–Crippen LogP) is 3.29. The number of likely N-dealkylation sites (N-methyl/N-ethyl adjacent to an activating group) is 1. The van der Waals surface area contributed by atoms with E-state index in [0.29, 0.717) is 23.1 Å².